The minimum atomic E-state index is -0.0269. The second-order valence-electron chi connectivity index (χ2n) is 6.25. The molecule has 132 valence electrons. The summed E-state index contributed by atoms with van der Waals surface area (Å²) in [6.45, 7) is 5.40. The molecule has 0 unspecified atom stereocenters. The van der Waals surface area contributed by atoms with Crippen molar-refractivity contribution >= 4 is 5.82 Å². The van der Waals surface area contributed by atoms with Gasteiger partial charge in [0, 0.05) is 33.4 Å². The van der Waals surface area contributed by atoms with Gasteiger partial charge in [-0.05, 0) is 18.4 Å². The van der Waals surface area contributed by atoms with Crippen LogP contribution in [-0.2, 0) is 24.6 Å². The molecule has 3 heterocycles. The highest BCUT2D eigenvalue weighted by Crippen LogP contribution is 2.33. The summed E-state index contributed by atoms with van der Waals surface area (Å²) < 4.78 is 7.36. The molecule has 0 aliphatic carbocycles. The number of aryl methyl sites for hydroxylation is 2. The van der Waals surface area contributed by atoms with Crippen LogP contribution in [-0.4, -0.2) is 51.5 Å². The maximum Gasteiger partial charge on any atom is 0.169 e. The molecule has 0 bridgehead atoms. The van der Waals surface area contributed by atoms with Crippen molar-refractivity contribution in [2.45, 2.75) is 38.7 Å². The normalized spacial score (nSPS) is 20.0. The minimum Gasteiger partial charge on any atom is -0.379 e. The Labute approximate surface area is 147 Å². The van der Waals surface area contributed by atoms with Crippen molar-refractivity contribution in [1.29, 1.82) is 5.26 Å². The average molecular weight is 341 g/mol. The number of nitriles is 1. The quantitative estimate of drug-likeness (QED) is 0.807. The first-order valence-corrected chi connectivity index (χ1v) is 8.55. The fraction of sp³-hybridized carbons (Fsp3) is 0.588. The zero-order chi connectivity index (χ0) is 18.0. The molecule has 8 nitrogen and oxygen atoms in total. The summed E-state index contributed by atoms with van der Waals surface area (Å²) in [6, 6.07) is 2.34. The van der Waals surface area contributed by atoms with Gasteiger partial charge in [0.1, 0.15) is 11.6 Å². The predicted octanol–water partition coefficient (Wildman–Crippen LogP) is 1.22. The van der Waals surface area contributed by atoms with E-state index in [2.05, 4.69) is 31.5 Å². The fourth-order valence-corrected chi connectivity index (χ4v) is 3.51. The Morgan fingerprint density at radius 2 is 2.04 bits per heavy atom. The molecule has 0 saturated carbocycles. The Morgan fingerprint density at radius 1 is 1.24 bits per heavy atom. The Morgan fingerprint density at radius 3 is 2.60 bits per heavy atom. The Balaban J connectivity index is 1.96. The van der Waals surface area contributed by atoms with Crippen molar-refractivity contribution in [2.24, 2.45) is 7.05 Å². The lowest BCUT2D eigenvalue weighted by Gasteiger charge is -2.20. The van der Waals surface area contributed by atoms with E-state index in [1.807, 2.05) is 27.1 Å². The van der Waals surface area contributed by atoms with Gasteiger partial charge in [-0.2, -0.15) is 10.4 Å². The number of ether oxygens (including phenoxy) is 1. The zero-order valence-electron chi connectivity index (χ0n) is 15.1. The SMILES string of the molecule is CCc1nnc(N2C[C@@H](OC)[C@H](c3cn(C)nn3)C2)c(C#N)c1CC. The largest absolute Gasteiger partial charge is 0.379 e. The molecule has 0 radical (unpaired) electrons. The lowest BCUT2D eigenvalue weighted by molar-refractivity contribution is 0.105. The van der Waals surface area contributed by atoms with Crippen LogP contribution in [0.5, 0.6) is 0 Å². The maximum atomic E-state index is 9.72. The number of nitrogens with zero attached hydrogens (tertiary/aromatic N) is 7. The van der Waals surface area contributed by atoms with E-state index >= 15 is 0 Å². The van der Waals surface area contributed by atoms with Gasteiger partial charge in [0.05, 0.1) is 23.4 Å². The lowest BCUT2D eigenvalue weighted by atomic mass is 10.0. The first kappa shape index (κ1) is 17.3. The van der Waals surface area contributed by atoms with Crippen molar-refractivity contribution < 1.29 is 4.74 Å². The molecule has 0 spiro atoms. The van der Waals surface area contributed by atoms with Crippen LogP contribution in [0.3, 0.4) is 0 Å². The highest BCUT2D eigenvalue weighted by atomic mass is 16.5. The molecule has 0 N–H and O–H groups in total. The summed E-state index contributed by atoms with van der Waals surface area (Å²) in [4.78, 5) is 2.08. The van der Waals surface area contributed by atoms with E-state index < -0.39 is 0 Å². The van der Waals surface area contributed by atoms with Crippen molar-refractivity contribution in [1.82, 2.24) is 25.2 Å². The van der Waals surface area contributed by atoms with E-state index in [0.29, 0.717) is 24.5 Å². The highest BCUT2D eigenvalue weighted by molar-refractivity contribution is 5.59. The molecule has 1 aliphatic heterocycles. The van der Waals surface area contributed by atoms with Crippen LogP contribution in [0.1, 0.15) is 42.3 Å². The Kier molecular flexibility index (Phi) is 4.95. The maximum absolute atomic E-state index is 9.72. The molecule has 3 rings (SSSR count). The lowest BCUT2D eigenvalue weighted by Crippen LogP contribution is -2.25. The van der Waals surface area contributed by atoms with Crippen molar-refractivity contribution in [2.75, 3.05) is 25.1 Å². The summed E-state index contributed by atoms with van der Waals surface area (Å²) in [5.74, 6) is 0.730. The predicted molar refractivity (Wildman–Crippen MR) is 92.3 cm³/mol. The van der Waals surface area contributed by atoms with Gasteiger partial charge in [-0.3, -0.25) is 4.68 Å². The molecular formula is C17H23N7O. The summed E-state index contributed by atoms with van der Waals surface area (Å²) in [7, 11) is 3.55. The van der Waals surface area contributed by atoms with Crippen LogP contribution < -0.4 is 4.90 Å². The smallest absolute Gasteiger partial charge is 0.169 e. The molecule has 0 aromatic carbocycles. The van der Waals surface area contributed by atoms with Crippen molar-refractivity contribution in [3.63, 3.8) is 0 Å². The minimum absolute atomic E-state index is 0.0269. The third-order valence-electron chi connectivity index (χ3n) is 4.81. The van der Waals surface area contributed by atoms with E-state index in [1.54, 1.807) is 11.8 Å². The Hall–Kier alpha value is -2.53. The second-order valence-corrected chi connectivity index (χ2v) is 6.25. The van der Waals surface area contributed by atoms with Gasteiger partial charge in [-0.15, -0.1) is 10.2 Å². The molecule has 1 fully saturated rings. The van der Waals surface area contributed by atoms with Gasteiger partial charge in [-0.1, -0.05) is 19.1 Å². The number of rotatable bonds is 5. The fourth-order valence-electron chi connectivity index (χ4n) is 3.51. The van der Waals surface area contributed by atoms with Crippen LogP contribution in [0.2, 0.25) is 0 Å². The van der Waals surface area contributed by atoms with Gasteiger partial charge < -0.3 is 9.64 Å². The van der Waals surface area contributed by atoms with Crippen LogP contribution in [0.15, 0.2) is 6.20 Å². The molecule has 1 aliphatic rings. The molecule has 25 heavy (non-hydrogen) atoms. The third kappa shape index (κ3) is 3.07. The molecule has 1 saturated heterocycles. The van der Waals surface area contributed by atoms with Crippen LogP contribution in [0, 0.1) is 11.3 Å². The summed E-state index contributed by atoms with van der Waals surface area (Å²) >= 11 is 0. The van der Waals surface area contributed by atoms with E-state index in [9.17, 15) is 5.26 Å². The van der Waals surface area contributed by atoms with Gasteiger partial charge >= 0.3 is 0 Å². The standard InChI is InChI=1S/C17H23N7O/c1-5-11-12(7-18)17(21-19-14(11)6-2)24-8-13(16(10-24)25-4)15-9-23(3)22-20-15/h9,13,16H,5-6,8,10H2,1-4H3/t13-,16+/m0/s1. The van der Waals surface area contributed by atoms with Crippen molar-refractivity contribution in [3.05, 3.63) is 28.7 Å². The number of aromatic nitrogens is 5. The summed E-state index contributed by atoms with van der Waals surface area (Å²) in [5.41, 5.74) is 3.41. The van der Waals surface area contributed by atoms with Gasteiger partial charge in [0.25, 0.3) is 0 Å². The van der Waals surface area contributed by atoms with E-state index in [0.717, 1.165) is 29.8 Å². The molecule has 8 heteroatoms. The topological polar surface area (TPSA) is 92.8 Å². The molecule has 0 amide bonds. The molecule has 2 atom stereocenters. The molecule has 2 aromatic rings. The highest BCUT2D eigenvalue weighted by Gasteiger charge is 2.37. The summed E-state index contributed by atoms with van der Waals surface area (Å²) in [6.07, 6.45) is 3.42. The number of hydrogen-bond acceptors (Lipinski definition) is 7. The van der Waals surface area contributed by atoms with Gasteiger partial charge in [-0.25, -0.2) is 0 Å². The average Bonchev–Trinajstić information content (AvgIpc) is 3.25. The zero-order valence-corrected chi connectivity index (χ0v) is 15.1. The number of anilines is 1. The van der Waals surface area contributed by atoms with Gasteiger partial charge in [0.15, 0.2) is 5.82 Å². The first-order valence-electron chi connectivity index (χ1n) is 8.55. The van der Waals surface area contributed by atoms with E-state index in [4.69, 9.17) is 4.74 Å². The Bertz CT molecular complexity index is 795. The van der Waals surface area contributed by atoms with Crippen LogP contribution >= 0.6 is 0 Å². The number of methoxy groups -OCH3 is 1. The van der Waals surface area contributed by atoms with Crippen LogP contribution in [0.25, 0.3) is 0 Å². The van der Waals surface area contributed by atoms with E-state index in [1.165, 1.54) is 0 Å². The van der Waals surface area contributed by atoms with Crippen molar-refractivity contribution in [3.8, 4) is 6.07 Å². The second kappa shape index (κ2) is 7.15. The monoisotopic (exact) mass is 341 g/mol. The first-order chi connectivity index (χ1) is 12.1. The van der Waals surface area contributed by atoms with Crippen LogP contribution in [0.4, 0.5) is 5.82 Å². The van der Waals surface area contributed by atoms with E-state index in [-0.39, 0.29) is 12.0 Å². The third-order valence-corrected chi connectivity index (χ3v) is 4.81. The number of hydrogen-bond donors (Lipinski definition) is 0. The summed E-state index contributed by atoms with van der Waals surface area (Å²) in [5, 5.41) is 26.7. The molecule has 2 aromatic heterocycles. The molecular weight excluding hydrogens is 318 g/mol. The van der Waals surface area contributed by atoms with Gasteiger partial charge in [0.2, 0.25) is 0 Å².